The smallest absolute Gasteiger partial charge is 0.123 e. The van der Waals surface area contributed by atoms with Crippen LogP contribution in [-0.2, 0) is 0 Å². The molecule has 3 aliphatic rings. The van der Waals surface area contributed by atoms with Crippen LogP contribution in [0.1, 0.15) is 57.1 Å². The van der Waals surface area contributed by atoms with Crippen molar-refractivity contribution in [3.63, 3.8) is 0 Å². The minimum absolute atomic E-state index is 0.130. The van der Waals surface area contributed by atoms with Gasteiger partial charge in [-0.05, 0) is 80.4 Å². The molecule has 0 amide bonds. The van der Waals surface area contributed by atoms with Crippen LogP contribution >= 0.6 is 0 Å². The predicted molar refractivity (Wildman–Crippen MR) is 83.4 cm³/mol. The van der Waals surface area contributed by atoms with Crippen LogP contribution in [0.4, 0.5) is 4.39 Å². The van der Waals surface area contributed by atoms with Crippen LogP contribution < -0.4 is 5.32 Å². The lowest BCUT2D eigenvalue weighted by molar-refractivity contribution is 0.239. The van der Waals surface area contributed by atoms with Crippen molar-refractivity contribution in [1.82, 2.24) is 5.32 Å². The number of fused-ring (bicyclic) bond motifs is 2. The van der Waals surface area contributed by atoms with Crippen molar-refractivity contribution in [2.75, 3.05) is 0 Å². The van der Waals surface area contributed by atoms with Gasteiger partial charge >= 0.3 is 0 Å². The SMILES string of the molecule is CC(NC(c1ccc(F)cc1)C1CC1)C1CC2CCC1C2. The molecule has 1 nitrogen and oxygen atoms in total. The fourth-order valence-corrected chi connectivity index (χ4v) is 4.92. The summed E-state index contributed by atoms with van der Waals surface area (Å²) in [4.78, 5) is 0. The van der Waals surface area contributed by atoms with E-state index in [1.165, 1.54) is 44.1 Å². The van der Waals surface area contributed by atoms with Crippen molar-refractivity contribution in [3.05, 3.63) is 35.6 Å². The van der Waals surface area contributed by atoms with E-state index >= 15 is 0 Å². The maximum atomic E-state index is 13.2. The van der Waals surface area contributed by atoms with E-state index in [-0.39, 0.29) is 5.82 Å². The van der Waals surface area contributed by atoms with Gasteiger partial charge in [0.05, 0.1) is 0 Å². The Labute approximate surface area is 127 Å². The zero-order valence-electron chi connectivity index (χ0n) is 12.9. The summed E-state index contributed by atoms with van der Waals surface area (Å²) in [7, 11) is 0. The second-order valence-corrected chi connectivity index (χ2v) is 7.66. The Morgan fingerprint density at radius 1 is 1.05 bits per heavy atom. The van der Waals surface area contributed by atoms with Crippen LogP contribution in [-0.4, -0.2) is 6.04 Å². The summed E-state index contributed by atoms with van der Waals surface area (Å²) in [6, 6.07) is 8.18. The molecule has 3 aliphatic carbocycles. The van der Waals surface area contributed by atoms with Crippen molar-refractivity contribution in [1.29, 1.82) is 0 Å². The lowest BCUT2D eigenvalue weighted by Gasteiger charge is -2.32. The Kier molecular flexibility index (Phi) is 3.53. The van der Waals surface area contributed by atoms with Gasteiger partial charge in [0, 0.05) is 12.1 Å². The summed E-state index contributed by atoms with van der Waals surface area (Å²) < 4.78 is 13.2. The average molecular weight is 287 g/mol. The van der Waals surface area contributed by atoms with E-state index < -0.39 is 0 Å². The largest absolute Gasteiger partial charge is 0.307 e. The minimum atomic E-state index is -0.130. The molecule has 3 fully saturated rings. The van der Waals surface area contributed by atoms with Crippen LogP contribution in [0.15, 0.2) is 24.3 Å². The number of rotatable bonds is 5. The van der Waals surface area contributed by atoms with Crippen molar-refractivity contribution in [2.45, 2.75) is 57.5 Å². The van der Waals surface area contributed by atoms with E-state index in [0.29, 0.717) is 12.1 Å². The molecule has 1 aromatic carbocycles. The van der Waals surface area contributed by atoms with Gasteiger partial charge in [0.1, 0.15) is 5.82 Å². The van der Waals surface area contributed by atoms with Crippen LogP contribution in [0.5, 0.6) is 0 Å². The summed E-state index contributed by atoms with van der Waals surface area (Å²) >= 11 is 0. The van der Waals surface area contributed by atoms with E-state index in [0.717, 1.165) is 23.7 Å². The van der Waals surface area contributed by atoms with Crippen LogP contribution in [0.2, 0.25) is 0 Å². The van der Waals surface area contributed by atoms with Crippen molar-refractivity contribution in [3.8, 4) is 0 Å². The normalized spacial score (nSPS) is 34.1. The summed E-state index contributed by atoms with van der Waals surface area (Å²) in [6.45, 7) is 2.38. The Morgan fingerprint density at radius 3 is 2.38 bits per heavy atom. The summed E-state index contributed by atoms with van der Waals surface area (Å²) in [5, 5.41) is 3.92. The molecular formula is C19H26FN. The van der Waals surface area contributed by atoms with Gasteiger partial charge in [0.25, 0.3) is 0 Å². The number of nitrogens with one attached hydrogen (secondary N) is 1. The summed E-state index contributed by atoms with van der Waals surface area (Å²) in [5.41, 5.74) is 1.27. The zero-order chi connectivity index (χ0) is 14.4. The second kappa shape index (κ2) is 5.39. The molecule has 0 heterocycles. The molecule has 4 rings (SSSR count). The van der Waals surface area contributed by atoms with Crippen LogP contribution in [0, 0.1) is 29.5 Å². The highest BCUT2D eigenvalue weighted by Gasteiger charge is 2.43. The van der Waals surface area contributed by atoms with Gasteiger partial charge in [0.15, 0.2) is 0 Å². The fourth-order valence-electron chi connectivity index (χ4n) is 4.92. The second-order valence-electron chi connectivity index (χ2n) is 7.66. The first-order valence-corrected chi connectivity index (χ1v) is 8.72. The fraction of sp³-hybridized carbons (Fsp3) is 0.684. The Balaban J connectivity index is 1.46. The molecule has 1 aromatic rings. The molecule has 0 radical (unpaired) electrons. The molecule has 0 saturated heterocycles. The lowest BCUT2D eigenvalue weighted by Crippen LogP contribution is -2.39. The van der Waals surface area contributed by atoms with Crippen molar-refractivity contribution < 1.29 is 4.39 Å². The first-order valence-electron chi connectivity index (χ1n) is 8.72. The molecule has 0 spiro atoms. The molecule has 0 aromatic heterocycles. The highest BCUT2D eigenvalue weighted by Crippen LogP contribution is 2.50. The van der Waals surface area contributed by atoms with Crippen LogP contribution in [0.25, 0.3) is 0 Å². The monoisotopic (exact) mass is 287 g/mol. The number of halogens is 1. The van der Waals surface area contributed by atoms with E-state index in [1.54, 1.807) is 12.1 Å². The van der Waals surface area contributed by atoms with Gasteiger partial charge in [-0.25, -0.2) is 4.39 Å². The van der Waals surface area contributed by atoms with Crippen molar-refractivity contribution >= 4 is 0 Å². The van der Waals surface area contributed by atoms with E-state index in [2.05, 4.69) is 12.2 Å². The molecule has 114 valence electrons. The first kappa shape index (κ1) is 13.8. The maximum Gasteiger partial charge on any atom is 0.123 e. The zero-order valence-corrected chi connectivity index (χ0v) is 12.9. The van der Waals surface area contributed by atoms with Gasteiger partial charge in [0.2, 0.25) is 0 Å². The molecule has 5 unspecified atom stereocenters. The molecule has 5 atom stereocenters. The molecule has 3 saturated carbocycles. The predicted octanol–water partition coefficient (Wildman–Crippen LogP) is 4.69. The van der Waals surface area contributed by atoms with Crippen molar-refractivity contribution in [2.24, 2.45) is 23.7 Å². The van der Waals surface area contributed by atoms with E-state index in [9.17, 15) is 4.39 Å². The first-order chi connectivity index (χ1) is 10.2. The third kappa shape index (κ3) is 2.75. The minimum Gasteiger partial charge on any atom is -0.307 e. The average Bonchev–Trinajstić information content (AvgIpc) is 3.11. The van der Waals surface area contributed by atoms with Gasteiger partial charge in [-0.15, -0.1) is 0 Å². The van der Waals surface area contributed by atoms with Gasteiger partial charge in [-0.3, -0.25) is 0 Å². The summed E-state index contributed by atoms with van der Waals surface area (Å²) in [5.74, 6) is 3.47. The number of hydrogen-bond donors (Lipinski definition) is 1. The maximum absolute atomic E-state index is 13.2. The highest BCUT2D eigenvalue weighted by molar-refractivity contribution is 5.22. The number of hydrogen-bond acceptors (Lipinski definition) is 1. The van der Waals surface area contributed by atoms with Gasteiger partial charge < -0.3 is 5.32 Å². The van der Waals surface area contributed by atoms with E-state index in [1.807, 2.05) is 12.1 Å². The highest BCUT2D eigenvalue weighted by atomic mass is 19.1. The quantitative estimate of drug-likeness (QED) is 0.828. The Hall–Kier alpha value is -0.890. The molecule has 2 bridgehead atoms. The molecule has 0 aliphatic heterocycles. The summed E-state index contributed by atoms with van der Waals surface area (Å²) in [6.07, 6.45) is 8.46. The molecule has 21 heavy (non-hydrogen) atoms. The Bertz CT molecular complexity index is 493. The number of benzene rings is 1. The Morgan fingerprint density at radius 2 is 1.81 bits per heavy atom. The van der Waals surface area contributed by atoms with Crippen LogP contribution in [0.3, 0.4) is 0 Å². The third-order valence-corrected chi connectivity index (χ3v) is 6.20. The van der Waals surface area contributed by atoms with Gasteiger partial charge in [-0.1, -0.05) is 18.6 Å². The third-order valence-electron chi connectivity index (χ3n) is 6.20. The topological polar surface area (TPSA) is 12.0 Å². The van der Waals surface area contributed by atoms with E-state index in [4.69, 9.17) is 0 Å². The molecule has 2 heteroatoms. The molecule has 1 N–H and O–H groups in total. The van der Waals surface area contributed by atoms with Gasteiger partial charge in [-0.2, -0.15) is 0 Å². The molecular weight excluding hydrogens is 261 g/mol. The standard InChI is InChI=1S/C19H26FN/c1-12(18-11-13-2-3-16(18)10-13)21-19(14-4-5-14)15-6-8-17(20)9-7-15/h6-9,12-14,16,18-19,21H,2-5,10-11H2,1H3. The lowest BCUT2D eigenvalue weighted by atomic mass is 9.83.